The van der Waals surface area contributed by atoms with E-state index in [1.54, 1.807) is 69.8 Å². The van der Waals surface area contributed by atoms with Crippen LogP contribution < -0.4 is 11.0 Å². The maximum Gasteiger partial charge on any atom is 0.337 e. The zero-order valence-electron chi connectivity index (χ0n) is 19.0. The number of carbonyl (C=O) groups is 2. The minimum Gasteiger partial charge on any atom is -0.465 e. The van der Waals surface area contributed by atoms with Crippen molar-refractivity contribution in [1.29, 1.82) is 0 Å². The molecule has 8 heteroatoms. The van der Waals surface area contributed by atoms with Crippen LogP contribution >= 0.6 is 11.6 Å². The fourth-order valence-electron chi connectivity index (χ4n) is 3.71. The van der Waals surface area contributed by atoms with Crippen molar-refractivity contribution in [1.82, 2.24) is 9.13 Å². The number of halogens is 1. The zero-order valence-corrected chi connectivity index (χ0v) is 19.8. The maximum absolute atomic E-state index is 13.6. The van der Waals surface area contributed by atoms with Gasteiger partial charge in [0.2, 0.25) is 5.91 Å². The van der Waals surface area contributed by atoms with Crippen molar-refractivity contribution < 1.29 is 14.3 Å². The molecule has 4 rings (SSSR count). The number of rotatable bonds is 6. The number of nitrogens with one attached hydrogen (secondary N) is 1. The average Bonchev–Trinajstić information content (AvgIpc) is 3.09. The highest BCUT2D eigenvalue weighted by Gasteiger charge is 2.17. The van der Waals surface area contributed by atoms with E-state index in [0.29, 0.717) is 33.0 Å². The molecule has 1 amide bonds. The van der Waals surface area contributed by atoms with Gasteiger partial charge in [-0.2, -0.15) is 0 Å². The molecule has 1 heterocycles. The second-order valence-electron chi connectivity index (χ2n) is 8.22. The minimum atomic E-state index is -0.437. The number of hydrogen-bond acceptors (Lipinski definition) is 4. The van der Waals surface area contributed by atoms with E-state index in [0.717, 1.165) is 5.56 Å². The highest BCUT2D eigenvalue weighted by molar-refractivity contribution is 6.31. The lowest BCUT2D eigenvalue weighted by atomic mass is 10.1. The summed E-state index contributed by atoms with van der Waals surface area (Å²) in [5.74, 6) is -0.657. The van der Waals surface area contributed by atoms with Crippen LogP contribution in [-0.4, -0.2) is 28.1 Å². The molecule has 0 radical (unpaired) electrons. The van der Waals surface area contributed by atoms with Gasteiger partial charge >= 0.3 is 11.7 Å². The monoisotopic (exact) mass is 477 g/mol. The highest BCUT2D eigenvalue weighted by Crippen LogP contribution is 2.24. The van der Waals surface area contributed by atoms with Crippen LogP contribution in [0.4, 0.5) is 5.69 Å². The van der Waals surface area contributed by atoms with E-state index in [1.807, 2.05) is 19.9 Å². The molecule has 0 saturated carbocycles. The van der Waals surface area contributed by atoms with E-state index in [1.165, 1.54) is 7.11 Å². The lowest BCUT2D eigenvalue weighted by molar-refractivity contribution is -0.118. The molecule has 0 unspecified atom stereocenters. The Morgan fingerprint density at radius 3 is 2.41 bits per heavy atom. The molecule has 1 N–H and O–H groups in total. The van der Waals surface area contributed by atoms with Gasteiger partial charge in [-0.1, -0.05) is 37.6 Å². The Balaban J connectivity index is 1.77. The van der Waals surface area contributed by atoms with Crippen LogP contribution in [0.15, 0.2) is 71.5 Å². The van der Waals surface area contributed by atoms with Gasteiger partial charge in [0.15, 0.2) is 0 Å². The number of amides is 1. The number of nitrogens with zero attached hydrogens (tertiary/aromatic N) is 2. The number of imidazole rings is 1. The number of benzene rings is 3. The van der Waals surface area contributed by atoms with Gasteiger partial charge in [0.25, 0.3) is 0 Å². The van der Waals surface area contributed by atoms with E-state index in [2.05, 4.69) is 5.32 Å². The summed E-state index contributed by atoms with van der Waals surface area (Å²) in [6.07, 6.45) is 0. The summed E-state index contributed by atoms with van der Waals surface area (Å²) in [5, 5.41) is 3.35. The summed E-state index contributed by atoms with van der Waals surface area (Å²) in [7, 11) is 1.33. The number of fused-ring (bicyclic) bond motifs is 1. The molecule has 7 nitrogen and oxygen atoms in total. The van der Waals surface area contributed by atoms with E-state index >= 15 is 0 Å². The van der Waals surface area contributed by atoms with Crippen LogP contribution in [0, 0.1) is 5.92 Å². The summed E-state index contributed by atoms with van der Waals surface area (Å²) in [5.41, 5.74) is 3.60. The van der Waals surface area contributed by atoms with E-state index in [4.69, 9.17) is 16.3 Å². The molecule has 1 aromatic heterocycles. The number of carbonyl (C=O) groups excluding carboxylic acids is 2. The highest BCUT2D eigenvalue weighted by atomic mass is 35.5. The third-order valence-corrected chi connectivity index (χ3v) is 5.73. The molecule has 174 valence electrons. The van der Waals surface area contributed by atoms with Gasteiger partial charge in [0.1, 0.15) is 0 Å². The van der Waals surface area contributed by atoms with Crippen LogP contribution in [0.3, 0.4) is 0 Å². The topological polar surface area (TPSA) is 82.3 Å². The van der Waals surface area contributed by atoms with Crippen molar-refractivity contribution in [3.8, 4) is 5.69 Å². The first-order valence-electron chi connectivity index (χ1n) is 10.8. The molecule has 0 saturated heterocycles. The standard InChI is InChI=1S/C26H24ClN3O4/c1-16(2)24(31)28-20-8-10-21(11-9-20)30-23-14-19(27)7-12-22(23)29(26(30)33)15-17-5-4-6-18(13-17)25(32)34-3/h4-14,16H,15H2,1-3H3,(H,28,31). The Hall–Kier alpha value is -3.84. The Labute approximate surface area is 201 Å². The molecule has 34 heavy (non-hydrogen) atoms. The molecule has 3 aromatic carbocycles. The Morgan fingerprint density at radius 2 is 1.74 bits per heavy atom. The molecule has 0 aliphatic rings. The van der Waals surface area contributed by atoms with Crippen LogP contribution in [0.2, 0.25) is 5.02 Å². The van der Waals surface area contributed by atoms with Gasteiger partial charge in [-0.3, -0.25) is 13.9 Å². The van der Waals surface area contributed by atoms with Gasteiger partial charge in [-0.05, 0) is 60.2 Å². The first-order valence-corrected chi connectivity index (χ1v) is 11.2. The SMILES string of the molecule is COC(=O)c1cccc(Cn2c(=O)n(-c3ccc(NC(=O)C(C)C)cc3)c3cc(Cl)ccc32)c1. The normalized spacial score (nSPS) is 11.1. The fraction of sp³-hybridized carbons (Fsp3) is 0.192. The molecular formula is C26H24ClN3O4. The summed E-state index contributed by atoms with van der Waals surface area (Å²) in [6, 6.07) is 19.3. The maximum atomic E-state index is 13.6. The Morgan fingerprint density at radius 1 is 1.00 bits per heavy atom. The van der Waals surface area contributed by atoms with Crippen molar-refractivity contribution >= 4 is 40.2 Å². The van der Waals surface area contributed by atoms with Crippen LogP contribution in [-0.2, 0) is 16.1 Å². The molecule has 0 fully saturated rings. The zero-order chi connectivity index (χ0) is 24.4. The van der Waals surface area contributed by atoms with Gasteiger partial charge in [0, 0.05) is 16.6 Å². The molecule has 0 bridgehead atoms. The van der Waals surface area contributed by atoms with Crippen molar-refractivity contribution in [2.75, 3.05) is 12.4 Å². The smallest absolute Gasteiger partial charge is 0.337 e. The number of esters is 1. The predicted molar refractivity (Wildman–Crippen MR) is 133 cm³/mol. The largest absolute Gasteiger partial charge is 0.465 e. The molecule has 0 aliphatic heterocycles. The van der Waals surface area contributed by atoms with Gasteiger partial charge in [-0.15, -0.1) is 0 Å². The van der Waals surface area contributed by atoms with Gasteiger partial charge < -0.3 is 10.1 Å². The lowest BCUT2D eigenvalue weighted by Gasteiger charge is -2.09. The lowest BCUT2D eigenvalue weighted by Crippen LogP contribution is -2.24. The number of methoxy groups -OCH3 is 1. The summed E-state index contributed by atoms with van der Waals surface area (Å²) >= 11 is 6.26. The number of hydrogen-bond donors (Lipinski definition) is 1. The second-order valence-corrected chi connectivity index (χ2v) is 8.66. The Kier molecular flexibility index (Phi) is 6.56. The van der Waals surface area contributed by atoms with Gasteiger partial charge in [-0.25, -0.2) is 9.59 Å². The molecule has 0 atom stereocenters. The van der Waals surface area contributed by atoms with Crippen molar-refractivity contribution in [2.24, 2.45) is 5.92 Å². The summed E-state index contributed by atoms with van der Waals surface area (Å²) < 4.78 is 8.02. The number of ether oxygens (including phenoxy) is 1. The number of anilines is 1. The fourth-order valence-corrected chi connectivity index (χ4v) is 3.88. The first-order chi connectivity index (χ1) is 16.3. The quantitative estimate of drug-likeness (QED) is 0.401. The summed E-state index contributed by atoms with van der Waals surface area (Å²) in [6.45, 7) is 3.91. The average molecular weight is 478 g/mol. The van der Waals surface area contributed by atoms with Gasteiger partial charge in [0.05, 0.1) is 35.9 Å². The molecule has 4 aromatic rings. The van der Waals surface area contributed by atoms with Crippen LogP contribution in [0.1, 0.15) is 29.8 Å². The third-order valence-electron chi connectivity index (χ3n) is 5.50. The van der Waals surface area contributed by atoms with Crippen LogP contribution in [0.25, 0.3) is 16.7 Å². The van der Waals surface area contributed by atoms with Crippen LogP contribution in [0.5, 0.6) is 0 Å². The second kappa shape index (κ2) is 9.57. The summed E-state index contributed by atoms with van der Waals surface area (Å²) in [4.78, 5) is 37.5. The number of aromatic nitrogens is 2. The van der Waals surface area contributed by atoms with Crippen molar-refractivity contribution in [3.05, 3.63) is 93.4 Å². The Bertz CT molecular complexity index is 1430. The van der Waals surface area contributed by atoms with Crippen molar-refractivity contribution in [3.63, 3.8) is 0 Å². The predicted octanol–water partition coefficient (Wildman–Crippen LogP) is 4.88. The molecular weight excluding hydrogens is 454 g/mol. The van der Waals surface area contributed by atoms with Crippen molar-refractivity contribution in [2.45, 2.75) is 20.4 Å². The van der Waals surface area contributed by atoms with E-state index in [-0.39, 0.29) is 24.1 Å². The van der Waals surface area contributed by atoms with E-state index < -0.39 is 5.97 Å². The molecule has 0 spiro atoms. The third kappa shape index (κ3) is 4.61. The van der Waals surface area contributed by atoms with E-state index in [9.17, 15) is 14.4 Å². The minimum absolute atomic E-state index is 0.0810. The molecule has 0 aliphatic carbocycles. The first kappa shape index (κ1) is 23.3.